The maximum atomic E-state index is 5.78. The molecular weight excluding hydrogens is 216 g/mol. The van der Waals surface area contributed by atoms with E-state index in [1.807, 2.05) is 24.3 Å². The molecule has 0 spiro atoms. The number of thiol groups is 1. The van der Waals surface area contributed by atoms with Crippen molar-refractivity contribution in [1.82, 2.24) is 0 Å². The summed E-state index contributed by atoms with van der Waals surface area (Å²) in [6.07, 6.45) is 2.25. The Kier molecular flexibility index (Phi) is 3.73. The minimum absolute atomic E-state index is 0.784. The molecule has 0 aliphatic heterocycles. The van der Waals surface area contributed by atoms with Crippen molar-refractivity contribution in [3.8, 4) is 5.75 Å². The van der Waals surface area contributed by atoms with Crippen LogP contribution < -0.4 is 4.74 Å². The molecule has 0 unspecified atom stereocenters. The van der Waals surface area contributed by atoms with Gasteiger partial charge in [-0.25, -0.2) is 0 Å². The Morgan fingerprint density at radius 1 is 1.06 bits per heavy atom. The largest absolute Gasteiger partial charge is 0.493 e. The second-order valence-electron chi connectivity index (χ2n) is 3.83. The fraction of sp³-hybridized carbons (Fsp3) is 0.286. The van der Waals surface area contributed by atoms with Gasteiger partial charge in [0.05, 0.1) is 6.61 Å². The average Bonchev–Trinajstić information content (AvgIpc) is 2.33. The van der Waals surface area contributed by atoms with E-state index in [0.717, 1.165) is 40.9 Å². The van der Waals surface area contributed by atoms with E-state index in [2.05, 4.69) is 31.7 Å². The van der Waals surface area contributed by atoms with Crippen LogP contribution in [0, 0.1) is 0 Å². The van der Waals surface area contributed by atoms with Gasteiger partial charge in [-0.2, -0.15) is 0 Å². The van der Waals surface area contributed by atoms with Crippen LogP contribution in [-0.4, -0.2) is 6.61 Å². The SMILES string of the molecule is CCCCOc1ccc(S)c2ccccc12. The minimum atomic E-state index is 0.784. The molecule has 1 nitrogen and oxygen atoms in total. The van der Waals surface area contributed by atoms with Crippen molar-refractivity contribution in [2.24, 2.45) is 0 Å². The standard InChI is InChI=1S/C14H16OS/c1-2-3-10-15-13-8-9-14(16)12-7-5-4-6-11(12)13/h4-9,16H,2-3,10H2,1H3. The van der Waals surface area contributed by atoms with Crippen LogP contribution >= 0.6 is 12.6 Å². The monoisotopic (exact) mass is 232 g/mol. The first-order valence-corrected chi connectivity index (χ1v) is 6.11. The van der Waals surface area contributed by atoms with Crippen LogP contribution in [-0.2, 0) is 0 Å². The third-order valence-electron chi connectivity index (χ3n) is 2.62. The molecule has 0 heterocycles. The van der Waals surface area contributed by atoms with Crippen molar-refractivity contribution < 1.29 is 4.74 Å². The molecule has 0 fully saturated rings. The lowest BCUT2D eigenvalue weighted by Crippen LogP contribution is -1.97. The molecule has 0 bridgehead atoms. The van der Waals surface area contributed by atoms with E-state index >= 15 is 0 Å². The van der Waals surface area contributed by atoms with Gasteiger partial charge >= 0.3 is 0 Å². The lowest BCUT2D eigenvalue weighted by molar-refractivity contribution is 0.313. The van der Waals surface area contributed by atoms with Gasteiger partial charge in [0.15, 0.2) is 0 Å². The summed E-state index contributed by atoms with van der Waals surface area (Å²) in [6.45, 7) is 2.95. The van der Waals surface area contributed by atoms with Crippen molar-refractivity contribution >= 4 is 23.4 Å². The Balaban J connectivity index is 2.35. The van der Waals surface area contributed by atoms with Gasteiger partial charge in [0.1, 0.15) is 5.75 Å². The molecule has 0 aliphatic carbocycles. The quantitative estimate of drug-likeness (QED) is 0.610. The molecule has 2 aromatic carbocycles. The van der Waals surface area contributed by atoms with Crippen molar-refractivity contribution in [3.05, 3.63) is 36.4 Å². The molecule has 0 amide bonds. The van der Waals surface area contributed by atoms with Crippen LogP contribution in [0.15, 0.2) is 41.3 Å². The maximum absolute atomic E-state index is 5.78. The van der Waals surface area contributed by atoms with E-state index in [-0.39, 0.29) is 0 Å². The summed E-state index contributed by atoms with van der Waals surface area (Å²) in [7, 11) is 0. The third-order valence-corrected chi connectivity index (χ3v) is 3.01. The number of fused-ring (bicyclic) bond motifs is 1. The molecule has 0 aliphatic rings. The van der Waals surface area contributed by atoms with Crippen molar-refractivity contribution in [2.75, 3.05) is 6.61 Å². The van der Waals surface area contributed by atoms with E-state index in [1.165, 1.54) is 0 Å². The topological polar surface area (TPSA) is 9.23 Å². The lowest BCUT2D eigenvalue weighted by atomic mass is 10.1. The fourth-order valence-electron chi connectivity index (χ4n) is 1.71. The number of ether oxygens (including phenoxy) is 1. The van der Waals surface area contributed by atoms with E-state index in [4.69, 9.17) is 4.74 Å². The Hall–Kier alpha value is -1.15. The van der Waals surface area contributed by atoms with E-state index in [9.17, 15) is 0 Å². The summed E-state index contributed by atoms with van der Waals surface area (Å²) in [6, 6.07) is 12.2. The molecule has 16 heavy (non-hydrogen) atoms. The van der Waals surface area contributed by atoms with Gasteiger partial charge in [0, 0.05) is 10.3 Å². The average molecular weight is 232 g/mol. The van der Waals surface area contributed by atoms with Gasteiger partial charge in [-0.1, -0.05) is 37.6 Å². The first-order chi connectivity index (χ1) is 7.83. The van der Waals surface area contributed by atoms with Gasteiger partial charge < -0.3 is 4.74 Å². The first-order valence-electron chi connectivity index (χ1n) is 5.66. The second kappa shape index (κ2) is 5.26. The molecule has 0 aromatic heterocycles. The molecular formula is C14H16OS. The van der Waals surface area contributed by atoms with Gasteiger partial charge in [-0.3, -0.25) is 0 Å². The zero-order chi connectivity index (χ0) is 11.4. The van der Waals surface area contributed by atoms with Crippen LogP contribution in [0.5, 0.6) is 5.75 Å². The summed E-state index contributed by atoms with van der Waals surface area (Å²) < 4.78 is 5.78. The minimum Gasteiger partial charge on any atom is -0.493 e. The highest BCUT2D eigenvalue weighted by Gasteiger charge is 2.03. The molecule has 2 rings (SSSR count). The smallest absolute Gasteiger partial charge is 0.127 e. The molecule has 2 aromatic rings. The molecule has 84 valence electrons. The van der Waals surface area contributed by atoms with Gasteiger partial charge in [0.2, 0.25) is 0 Å². The van der Waals surface area contributed by atoms with E-state index in [1.54, 1.807) is 0 Å². The predicted octanol–water partition coefficient (Wildman–Crippen LogP) is 4.31. The van der Waals surface area contributed by atoms with E-state index < -0.39 is 0 Å². The number of hydrogen-bond donors (Lipinski definition) is 1. The Labute approximate surface area is 102 Å². The first kappa shape index (κ1) is 11.3. The van der Waals surface area contributed by atoms with Crippen LogP contribution in [0.1, 0.15) is 19.8 Å². The summed E-state index contributed by atoms with van der Waals surface area (Å²) in [5.74, 6) is 0.960. The summed E-state index contributed by atoms with van der Waals surface area (Å²) in [5.41, 5.74) is 0. The van der Waals surface area contributed by atoms with Gasteiger partial charge in [0.25, 0.3) is 0 Å². The highest BCUT2D eigenvalue weighted by atomic mass is 32.1. The molecule has 0 atom stereocenters. The highest BCUT2D eigenvalue weighted by molar-refractivity contribution is 7.80. The van der Waals surface area contributed by atoms with Crippen molar-refractivity contribution in [2.45, 2.75) is 24.7 Å². The third kappa shape index (κ3) is 2.33. The lowest BCUT2D eigenvalue weighted by Gasteiger charge is -2.10. The van der Waals surface area contributed by atoms with Gasteiger partial charge in [-0.05, 0) is 23.9 Å². The van der Waals surface area contributed by atoms with Crippen molar-refractivity contribution in [1.29, 1.82) is 0 Å². The number of rotatable bonds is 4. The number of unbranched alkanes of at least 4 members (excludes halogenated alkanes) is 1. The predicted molar refractivity (Wildman–Crippen MR) is 71.6 cm³/mol. The van der Waals surface area contributed by atoms with Crippen molar-refractivity contribution in [3.63, 3.8) is 0 Å². The summed E-state index contributed by atoms with van der Waals surface area (Å²) in [4.78, 5) is 0.999. The summed E-state index contributed by atoms with van der Waals surface area (Å²) in [5, 5.41) is 2.30. The molecule has 0 radical (unpaired) electrons. The zero-order valence-corrected chi connectivity index (χ0v) is 10.3. The Bertz CT molecular complexity index is 479. The highest BCUT2D eigenvalue weighted by Crippen LogP contribution is 2.30. The normalized spacial score (nSPS) is 10.6. The number of hydrogen-bond acceptors (Lipinski definition) is 2. The molecule has 2 heteroatoms. The van der Waals surface area contributed by atoms with Crippen LogP contribution in [0.3, 0.4) is 0 Å². The van der Waals surface area contributed by atoms with Gasteiger partial charge in [-0.15, -0.1) is 12.6 Å². The van der Waals surface area contributed by atoms with Crippen LogP contribution in [0.25, 0.3) is 10.8 Å². The van der Waals surface area contributed by atoms with E-state index in [0.29, 0.717) is 0 Å². The zero-order valence-electron chi connectivity index (χ0n) is 9.44. The maximum Gasteiger partial charge on any atom is 0.127 e. The second-order valence-corrected chi connectivity index (χ2v) is 4.31. The van der Waals surface area contributed by atoms with Crippen LogP contribution in [0.2, 0.25) is 0 Å². The Morgan fingerprint density at radius 3 is 2.56 bits per heavy atom. The summed E-state index contributed by atoms with van der Waals surface area (Å²) >= 11 is 4.45. The molecule has 0 saturated carbocycles. The Morgan fingerprint density at radius 2 is 1.81 bits per heavy atom. The fourth-order valence-corrected chi connectivity index (χ4v) is 1.98. The molecule has 0 N–H and O–H groups in total. The molecule has 0 saturated heterocycles. The van der Waals surface area contributed by atoms with Crippen LogP contribution in [0.4, 0.5) is 0 Å². The number of benzene rings is 2.